The summed E-state index contributed by atoms with van der Waals surface area (Å²) < 4.78 is 12.7. The second kappa shape index (κ2) is 4.46. The van der Waals surface area contributed by atoms with Gasteiger partial charge in [-0.2, -0.15) is 5.26 Å². The van der Waals surface area contributed by atoms with E-state index >= 15 is 0 Å². The molecule has 1 N–H and O–H groups in total. The van der Waals surface area contributed by atoms with Crippen molar-refractivity contribution in [2.24, 2.45) is 0 Å². The summed E-state index contributed by atoms with van der Waals surface area (Å²) in [7, 11) is 0. The van der Waals surface area contributed by atoms with Crippen LogP contribution >= 0.6 is 0 Å². The topological polar surface area (TPSA) is 35.8 Å². The van der Waals surface area contributed by atoms with Crippen molar-refractivity contribution in [2.45, 2.75) is 19.4 Å². The fraction of sp³-hybridized carbons (Fsp3) is 0.300. The molecule has 0 spiro atoms. The van der Waals surface area contributed by atoms with E-state index in [-0.39, 0.29) is 11.9 Å². The molecule has 1 rings (SSSR count). The second-order valence-electron chi connectivity index (χ2n) is 2.74. The van der Waals surface area contributed by atoms with Crippen molar-refractivity contribution in [1.82, 2.24) is 0 Å². The Labute approximate surface area is 77.0 Å². The van der Waals surface area contributed by atoms with Crippen molar-refractivity contribution < 1.29 is 4.39 Å². The Morgan fingerprint density at radius 1 is 1.62 bits per heavy atom. The first-order valence-corrected chi connectivity index (χ1v) is 4.18. The minimum absolute atomic E-state index is 0.248. The van der Waals surface area contributed by atoms with Crippen LogP contribution in [0, 0.1) is 17.1 Å². The fourth-order valence-electron chi connectivity index (χ4n) is 1.01. The zero-order valence-corrected chi connectivity index (χ0v) is 7.42. The van der Waals surface area contributed by atoms with Crippen LogP contribution in [0.5, 0.6) is 0 Å². The lowest BCUT2D eigenvalue weighted by Crippen LogP contribution is -2.15. The van der Waals surface area contributed by atoms with E-state index in [1.165, 1.54) is 12.1 Å². The molecule has 2 nitrogen and oxygen atoms in total. The summed E-state index contributed by atoms with van der Waals surface area (Å²) in [5.74, 6) is -0.294. The standard InChI is InChI=1S/C10H11FN2/c1-2-9(7-12)13-10-5-3-4-8(11)6-10/h3-6,9,13H,2H2,1H3. The van der Waals surface area contributed by atoms with Crippen LogP contribution in [0.3, 0.4) is 0 Å². The molecule has 0 heterocycles. The number of hydrogen-bond donors (Lipinski definition) is 1. The Hall–Kier alpha value is -1.56. The molecular formula is C10H11FN2. The molecule has 0 radical (unpaired) electrons. The van der Waals surface area contributed by atoms with E-state index in [4.69, 9.17) is 5.26 Å². The van der Waals surface area contributed by atoms with Crippen LogP contribution in [-0.4, -0.2) is 6.04 Å². The van der Waals surface area contributed by atoms with Gasteiger partial charge in [0.05, 0.1) is 6.07 Å². The van der Waals surface area contributed by atoms with Gasteiger partial charge in [0, 0.05) is 5.69 Å². The third kappa shape index (κ3) is 2.75. The SMILES string of the molecule is CCC(C#N)Nc1cccc(F)c1. The van der Waals surface area contributed by atoms with Crippen molar-refractivity contribution >= 4 is 5.69 Å². The number of halogens is 1. The summed E-state index contributed by atoms with van der Waals surface area (Å²) >= 11 is 0. The van der Waals surface area contributed by atoms with Crippen molar-refractivity contribution in [3.63, 3.8) is 0 Å². The Morgan fingerprint density at radius 2 is 2.38 bits per heavy atom. The van der Waals surface area contributed by atoms with Crippen LogP contribution in [0.25, 0.3) is 0 Å². The molecule has 1 aromatic rings. The van der Waals surface area contributed by atoms with Gasteiger partial charge < -0.3 is 5.32 Å². The summed E-state index contributed by atoms with van der Waals surface area (Å²) in [4.78, 5) is 0. The minimum Gasteiger partial charge on any atom is -0.370 e. The van der Waals surface area contributed by atoms with Crippen LogP contribution in [0.4, 0.5) is 10.1 Å². The summed E-state index contributed by atoms with van der Waals surface area (Å²) in [6, 6.07) is 7.94. The smallest absolute Gasteiger partial charge is 0.125 e. The van der Waals surface area contributed by atoms with Crippen molar-refractivity contribution in [1.29, 1.82) is 5.26 Å². The van der Waals surface area contributed by atoms with E-state index in [1.807, 2.05) is 6.92 Å². The highest BCUT2D eigenvalue weighted by Gasteiger charge is 2.03. The third-order valence-corrected chi connectivity index (χ3v) is 1.73. The molecule has 0 amide bonds. The summed E-state index contributed by atoms with van der Waals surface area (Å²) in [5, 5.41) is 11.6. The molecule has 1 atom stereocenters. The molecule has 0 fully saturated rings. The van der Waals surface area contributed by atoms with E-state index < -0.39 is 0 Å². The number of rotatable bonds is 3. The lowest BCUT2D eigenvalue weighted by molar-refractivity contribution is 0.628. The monoisotopic (exact) mass is 178 g/mol. The van der Waals surface area contributed by atoms with Gasteiger partial charge in [0.1, 0.15) is 11.9 Å². The highest BCUT2D eigenvalue weighted by atomic mass is 19.1. The quantitative estimate of drug-likeness (QED) is 0.772. The number of nitrogens with zero attached hydrogens (tertiary/aromatic N) is 1. The third-order valence-electron chi connectivity index (χ3n) is 1.73. The van der Waals surface area contributed by atoms with E-state index in [9.17, 15) is 4.39 Å². The van der Waals surface area contributed by atoms with Crippen LogP contribution in [0.1, 0.15) is 13.3 Å². The van der Waals surface area contributed by atoms with Gasteiger partial charge >= 0.3 is 0 Å². The molecule has 0 aliphatic carbocycles. The summed E-state index contributed by atoms with van der Waals surface area (Å²) in [5.41, 5.74) is 0.647. The van der Waals surface area contributed by atoms with Gasteiger partial charge in [0.15, 0.2) is 0 Å². The molecule has 0 aliphatic heterocycles. The molecule has 0 bridgehead atoms. The lowest BCUT2D eigenvalue weighted by Gasteiger charge is -2.09. The second-order valence-corrected chi connectivity index (χ2v) is 2.74. The molecular weight excluding hydrogens is 167 g/mol. The zero-order valence-electron chi connectivity index (χ0n) is 7.42. The molecule has 3 heteroatoms. The fourth-order valence-corrected chi connectivity index (χ4v) is 1.01. The van der Waals surface area contributed by atoms with E-state index in [2.05, 4.69) is 11.4 Å². The highest BCUT2D eigenvalue weighted by Crippen LogP contribution is 2.11. The lowest BCUT2D eigenvalue weighted by atomic mass is 10.2. The van der Waals surface area contributed by atoms with Crippen LogP contribution < -0.4 is 5.32 Å². The first-order valence-electron chi connectivity index (χ1n) is 4.18. The zero-order chi connectivity index (χ0) is 9.68. The van der Waals surface area contributed by atoms with Crippen LogP contribution in [-0.2, 0) is 0 Å². The highest BCUT2D eigenvalue weighted by molar-refractivity contribution is 5.45. The van der Waals surface area contributed by atoms with Gasteiger partial charge in [-0.3, -0.25) is 0 Å². The van der Waals surface area contributed by atoms with E-state index in [0.29, 0.717) is 12.1 Å². The van der Waals surface area contributed by atoms with Gasteiger partial charge in [-0.05, 0) is 24.6 Å². The first-order chi connectivity index (χ1) is 6.26. The molecule has 0 aliphatic rings. The number of nitrogens with one attached hydrogen (secondary N) is 1. The minimum atomic E-state index is -0.294. The first kappa shape index (κ1) is 9.53. The Kier molecular flexibility index (Phi) is 3.27. The molecule has 0 aromatic heterocycles. The van der Waals surface area contributed by atoms with Crippen LogP contribution in [0.15, 0.2) is 24.3 Å². The average molecular weight is 178 g/mol. The van der Waals surface area contributed by atoms with Crippen molar-refractivity contribution in [3.05, 3.63) is 30.1 Å². The Balaban J connectivity index is 2.69. The molecule has 0 saturated heterocycles. The molecule has 1 aromatic carbocycles. The Bertz CT molecular complexity index is 317. The van der Waals surface area contributed by atoms with Crippen LogP contribution in [0.2, 0.25) is 0 Å². The van der Waals surface area contributed by atoms with Gasteiger partial charge in [-0.1, -0.05) is 13.0 Å². The summed E-state index contributed by atoms with van der Waals surface area (Å²) in [6.07, 6.45) is 0.701. The predicted molar refractivity (Wildman–Crippen MR) is 49.7 cm³/mol. The number of anilines is 1. The largest absolute Gasteiger partial charge is 0.370 e. The average Bonchev–Trinajstić information content (AvgIpc) is 2.14. The van der Waals surface area contributed by atoms with E-state index in [1.54, 1.807) is 12.1 Å². The Morgan fingerprint density at radius 3 is 2.92 bits per heavy atom. The number of hydrogen-bond acceptors (Lipinski definition) is 2. The number of benzene rings is 1. The summed E-state index contributed by atoms with van der Waals surface area (Å²) in [6.45, 7) is 1.90. The molecule has 0 saturated carbocycles. The van der Waals surface area contributed by atoms with E-state index in [0.717, 1.165) is 0 Å². The van der Waals surface area contributed by atoms with Gasteiger partial charge in [-0.25, -0.2) is 4.39 Å². The molecule has 1 unspecified atom stereocenters. The normalized spacial score (nSPS) is 11.8. The maximum atomic E-state index is 12.7. The number of nitriles is 1. The molecule has 68 valence electrons. The van der Waals surface area contributed by atoms with Crippen molar-refractivity contribution in [3.8, 4) is 6.07 Å². The van der Waals surface area contributed by atoms with Gasteiger partial charge in [-0.15, -0.1) is 0 Å². The maximum absolute atomic E-state index is 12.7. The maximum Gasteiger partial charge on any atom is 0.125 e. The van der Waals surface area contributed by atoms with Gasteiger partial charge in [0.2, 0.25) is 0 Å². The molecule has 13 heavy (non-hydrogen) atoms. The predicted octanol–water partition coefficient (Wildman–Crippen LogP) is 2.54. The van der Waals surface area contributed by atoms with Crippen molar-refractivity contribution in [2.75, 3.05) is 5.32 Å². The van der Waals surface area contributed by atoms with Gasteiger partial charge in [0.25, 0.3) is 0 Å².